The Morgan fingerprint density at radius 2 is 1.47 bits per heavy atom. The number of alkyl carbamates (subject to hydrolysis) is 2. The number of hydrogen-bond acceptors (Lipinski definition) is 16. The lowest BCUT2D eigenvalue weighted by Crippen LogP contribution is -2.53. The van der Waals surface area contributed by atoms with Gasteiger partial charge in [-0.1, -0.05) is 112 Å². The number of Topliss-reactive ketones (excluding diaryl/α,β-unsaturated/α-hetero) is 1. The smallest absolute Gasteiger partial charge is 0.408 e. The third-order valence-electron chi connectivity index (χ3n) is 17.4. The number of nitrogens with one attached hydrogen (secondary N) is 8. The van der Waals surface area contributed by atoms with Gasteiger partial charge in [0.25, 0.3) is 0 Å². The van der Waals surface area contributed by atoms with Crippen LogP contribution >= 0.6 is 0 Å². The second-order valence-electron chi connectivity index (χ2n) is 25.3. The number of rotatable bonds is 33. The fourth-order valence-corrected chi connectivity index (χ4v) is 12.0. The lowest BCUT2D eigenvalue weighted by atomic mass is 9.87. The van der Waals surface area contributed by atoms with Crippen molar-refractivity contribution in [2.24, 2.45) is 23.5 Å². The molecule has 0 aromatic heterocycles. The second kappa shape index (κ2) is 36.3. The molecule has 95 heavy (non-hydrogen) atoms. The van der Waals surface area contributed by atoms with Gasteiger partial charge in [0.1, 0.15) is 37.1 Å². The summed E-state index contributed by atoms with van der Waals surface area (Å²) in [6, 6.07) is 20.4. The van der Waals surface area contributed by atoms with Crippen LogP contribution in [-0.4, -0.2) is 153 Å². The van der Waals surface area contributed by atoms with E-state index in [1.165, 1.54) is 19.1 Å². The summed E-state index contributed by atoms with van der Waals surface area (Å²) in [7, 11) is 0. The number of amides is 9. The molecule has 3 aromatic carbocycles. The van der Waals surface area contributed by atoms with E-state index in [4.69, 9.17) is 34.2 Å². The van der Waals surface area contributed by atoms with Crippen molar-refractivity contribution in [2.75, 3.05) is 44.8 Å². The Bertz CT molecular complexity index is 3180. The lowest BCUT2D eigenvalue weighted by Gasteiger charge is -2.39. The van der Waals surface area contributed by atoms with Gasteiger partial charge < -0.3 is 81.8 Å². The molecule has 3 aliphatic heterocycles. The number of allylic oxidation sites excluding steroid dienone is 2. The first-order chi connectivity index (χ1) is 45.5. The first-order valence-electron chi connectivity index (χ1n) is 32.9. The Balaban J connectivity index is 0.770. The monoisotopic (exact) mass is 1320 g/mol. The van der Waals surface area contributed by atoms with Crippen molar-refractivity contribution in [3.63, 3.8) is 0 Å². The molecule has 0 unspecified atom stereocenters. The number of benzene rings is 3. The van der Waals surface area contributed by atoms with Gasteiger partial charge in [-0.2, -0.15) is 0 Å². The Morgan fingerprint density at radius 1 is 0.789 bits per heavy atom. The number of ether oxygens (including phenoxy) is 6. The Morgan fingerprint density at radius 3 is 2.15 bits per heavy atom. The third kappa shape index (κ3) is 23.4. The number of carbonyl (C=O) groups is 9. The van der Waals surface area contributed by atoms with Gasteiger partial charge in [-0.15, -0.1) is 0 Å². The Kier molecular flexibility index (Phi) is 28.2. The van der Waals surface area contributed by atoms with E-state index >= 15 is 0 Å². The fourth-order valence-electron chi connectivity index (χ4n) is 12.0. The van der Waals surface area contributed by atoms with Crippen LogP contribution in [0, 0.1) is 17.8 Å². The highest BCUT2D eigenvalue weighted by Crippen LogP contribution is 2.45. The summed E-state index contributed by atoms with van der Waals surface area (Å²) in [4.78, 5) is 114. The molecule has 11 N–H and O–H groups in total. The van der Waals surface area contributed by atoms with Crippen LogP contribution in [0.1, 0.15) is 135 Å². The quantitative estimate of drug-likeness (QED) is 0.00541. The molecular formula is C70H95N9O16. The van der Waals surface area contributed by atoms with Crippen LogP contribution in [0.2, 0.25) is 0 Å². The largest absolute Gasteiger partial charge is 0.459 e. The van der Waals surface area contributed by atoms with E-state index < -0.39 is 78.1 Å². The molecule has 3 heterocycles. The van der Waals surface area contributed by atoms with Crippen molar-refractivity contribution >= 4 is 59.4 Å². The number of nitrogens with two attached hydrogens (primary N) is 1. The van der Waals surface area contributed by atoms with Gasteiger partial charge in [0.2, 0.25) is 17.7 Å². The van der Waals surface area contributed by atoms with Crippen LogP contribution in [-0.2, 0) is 59.0 Å². The Hall–Kier alpha value is -8.65. The van der Waals surface area contributed by atoms with Crippen molar-refractivity contribution in [1.82, 2.24) is 37.2 Å². The zero-order valence-corrected chi connectivity index (χ0v) is 55.4. The lowest BCUT2D eigenvalue weighted by molar-refractivity contribution is -0.143. The number of ketones is 1. The minimum Gasteiger partial charge on any atom is -0.459 e. The van der Waals surface area contributed by atoms with Crippen molar-refractivity contribution in [2.45, 2.75) is 180 Å². The number of urea groups is 2. The summed E-state index contributed by atoms with van der Waals surface area (Å²) >= 11 is 0. The Labute approximate surface area is 555 Å². The van der Waals surface area contributed by atoms with E-state index in [0.29, 0.717) is 69.3 Å². The molecule has 3 saturated heterocycles. The molecule has 3 fully saturated rings. The van der Waals surface area contributed by atoms with Crippen molar-refractivity contribution < 1.29 is 76.7 Å². The number of aliphatic hydroxyl groups excluding tert-OH is 1. The average Bonchev–Trinajstić information content (AvgIpc) is 1.62. The van der Waals surface area contributed by atoms with E-state index in [1.54, 1.807) is 37.3 Å². The number of epoxide rings is 1. The van der Waals surface area contributed by atoms with E-state index in [-0.39, 0.29) is 106 Å². The van der Waals surface area contributed by atoms with Gasteiger partial charge in [0.15, 0.2) is 5.78 Å². The van der Waals surface area contributed by atoms with Crippen LogP contribution in [0.15, 0.2) is 109 Å². The maximum absolute atomic E-state index is 13.9. The van der Waals surface area contributed by atoms with Gasteiger partial charge in [-0.3, -0.25) is 24.0 Å². The first kappa shape index (κ1) is 73.8. The summed E-state index contributed by atoms with van der Waals surface area (Å²) in [6.07, 6.45) is 8.31. The molecule has 0 saturated carbocycles. The number of esters is 1. The molecule has 516 valence electrons. The molecule has 9 amide bonds. The second-order valence-corrected chi connectivity index (χ2v) is 25.3. The molecule has 1 aliphatic carbocycles. The van der Waals surface area contributed by atoms with E-state index in [0.717, 1.165) is 27.8 Å². The molecule has 4 aliphatic rings. The summed E-state index contributed by atoms with van der Waals surface area (Å²) in [5.74, 6) is -2.82. The standard InChI is InChI=1S/C70H95N9O16/c1-42(2)63(79-61(82)21-9-8-14-32-73-68(88)91-39-56-54-19-12-10-17-52(54)53-18-11-13-20-55(53)56)58(81)35-49(16-15-33-72-66(71)86)65(85)77-50-27-25-48(26-28-50)38-90-69(89)76-41-75-67(87)74-37-51-36-70(40-92-70)64(84)60(95-51)30-23-43(3)22-29-59-44(4)34-57(46(6)94-59)78-62(83)31-24-45(5)93-47(7)80/h10-13,17-20,22-28,30-31,42,44-46,49,51,56-57,59-60,63-64,84H,8-9,14-16,21,29,32-41H2,1-7H3,(H,73,88)(H,76,89)(H,77,85)(H,78,83)(H,79,82)(H3,71,72,86)(H2,74,75,87)/b30-23+,31-24-,43-22+/t44-,45-,46+,49+,51-,57+,59-,60+,63-,64+,70+/m0/s1. The average molecular weight is 1320 g/mol. The van der Waals surface area contributed by atoms with E-state index in [1.807, 2.05) is 58.0 Å². The first-order valence-corrected chi connectivity index (χ1v) is 32.9. The van der Waals surface area contributed by atoms with Gasteiger partial charge in [0, 0.05) is 69.4 Å². The minimum atomic E-state index is -0.927. The topological polar surface area (TPSA) is 355 Å². The maximum Gasteiger partial charge on any atom is 0.408 e. The van der Waals surface area contributed by atoms with Gasteiger partial charge in [-0.05, 0) is 117 Å². The number of anilines is 1. The fraction of sp³-hybridized carbons (Fsp3) is 0.529. The van der Waals surface area contributed by atoms with E-state index in [9.17, 15) is 48.3 Å². The molecular weight excluding hydrogens is 1220 g/mol. The number of carbonyl (C=O) groups excluding carboxylic acids is 9. The predicted molar refractivity (Wildman–Crippen MR) is 354 cm³/mol. The summed E-state index contributed by atoms with van der Waals surface area (Å²) in [6.45, 7) is 13.4. The highest BCUT2D eigenvalue weighted by Gasteiger charge is 2.58. The molecule has 11 atom stereocenters. The van der Waals surface area contributed by atoms with Crippen molar-refractivity contribution in [1.29, 1.82) is 0 Å². The summed E-state index contributed by atoms with van der Waals surface area (Å²) in [5.41, 5.74) is 10.9. The normalized spacial score (nSPS) is 22.3. The van der Waals surface area contributed by atoms with Gasteiger partial charge in [0.05, 0.1) is 43.7 Å². The third-order valence-corrected chi connectivity index (χ3v) is 17.4. The summed E-state index contributed by atoms with van der Waals surface area (Å²) in [5, 5.41) is 33.0. The SMILES string of the molecule is CC(=O)O[C@@H](C)/C=C\C(=O)N[C@@H]1C[C@H](C)[C@H](C/C=C(C)/C=C/[C@H]2O[C@H](CNC(=O)NCNC(=O)OCc3ccc(NC(=O)[C@H](CCCNC(N)=O)CC(=O)[C@@H](NC(=O)CCCCCNC(=O)OCC4c5ccccc5-c5ccccc54)C(C)C)cc3)C[C@@]3(CO3)[C@@H]2O)O[C@@H]1C. The molecule has 1 spiro atoms. The molecule has 25 heteroatoms. The van der Waals surface area contributed by atoms with Gasteiger partial charge >= 0.3 is 30.2 Å². The number of hydrogen-bond donors (Lipinski definition) is 10. The molecule has 7 rings (SSSR count). The predicted octanol–water partition coefficient (Wildman–Crippen LogP) is 7.36. The highest BCUT2D eigenvalue weighted by atomic mass is 16.6. The maximum atomic E-state index is 13.9. The van der Waals surface area contributed by atoms with Crippen molar-refractivity contribution in [3.8, 4) is 11.1 Å². The zero-order chi connectivity index (χ0) is 68.6. The molecule has 3 aromatic rings. The van der Waals surface area contributed by atoms with Crippen LogP contribution < -0.4 is 48.3 Å². The number of fused-ring (bicyclic) bond motifs is 3. The molecule has 0 bridgehead atoms. The minimum absolute atomic E-state index is 0.0473. The number of primary amides is 1. The van der Waals surface area contributed by atoms with E-state index in [2.05, 4.69) is 79.8 Å². The number of unbranched alkanes of at least 4 members (excludes halogenated alkanes) is 2. The zero-order valence-electron chi connectivity index (χ0n) is 55.4. The molecule has 0 radical (unpaired) electrons. The highest BCUT2D eigenvalue weighted by molar-refractivity contribution is 5.97. The van der Waals surface area contributed by atoms with Crippen LogP contribution in [0.25, 0.3) is 11.1 Å². The van der Waals surface area contributed by atoms with Crippen LogP contribution in [0.3, 0.4) is 0 Å². The van der Waals surface area contributed by atoms with Gasteiger partial charge in [-0.25, -0.2) is 19.2 Å². The van der Waals surface area contributed by atoms with Crippen molar-refractivity contribution in [3.05, 3.63) is 125 Å². The van der Waals surface area contributed by atoms with Crippen LogP contribution in [0.4, 0.5) is 24.9 Å². The number of aliphatic hydroxyl groups is 1. The van der Waals surface area contributed by atoms with Crippen LogP contribution in [0.5, 0.6) is 0 Å². The molecule has 25 nitrogen and oxygen atoms in total. The summed E-state index contributed by atoms with van der Waals surface area (Å²) < 4.78 is 34.3.